The average Bonchev–Trinajstić information content (AvgIpc) is 2.59. The predicted octanol–water partition coefficient (Wildman–Crippen LogP) is 2.14. The molecule has 0 spiro atoms. The number of furan rings is 2. The first-order chi connectivity index (χ1) is 4.97. The monoisotopic (exact) mass is 132 g/mol. The van der Waals surface area contributed by atoms with Crippen LogP contribution in [0.1, 0.15) is 0 Å². The molecule has 2 radical (unpaired) electrons. The van der Waals surface area contributed by atoms with E-state index in [1.165, 1.54) is 0 Å². The van der Waals surface area contributed by atoms with Crippen molar-refractivity contribution in [3.05, 3.63) is 36.8 Å². The van der Waals surface area contributed by atoms with E-state index in [1.807, 2.05) is 0 Å². The second-order valence-corrected chi connectivity index (χ2v) is 1.83. The lowest BCUT2D eigenvalue weighted by Crippen LogP contribution is -1.61. The van der Waals surface area contributed by atoms with Crippen molar-refractivity contribution in [3.63, 3.8) is 0 Å². The van der Waals surface area contributed by atoms with E-state index in [0.29, 0.717) is 11.5 Å². The van der Waals surface area contributed by atoms with Crippen molar-refractivity contribution in [2.75, 3.05) is 0 Å². The molecule has 0 saturated carbocycles. The van der Waals surface area contributed by atoms with Gasteiger partial charge < -0.3 is 8.83 Å². The van der Waals surface area contributed by atoms with Crippen LogP contribution >= 0.6 is 0 Å². The third-order valence-corrected chi connectivity index (χ3v) is 1.19. The van der Waals surface area contributed by atoms with Gasteiger partial charge in [-0.05, 0) is 24.3 Å². The Labute approximate surface area is 58.1 Å². The highest BCUT2D eigenvalue weighted by Crippen LogP contribution is 2.18. The van der Waals surface area contributed by atoms with Gasteiger partial charge in [0.05, 0.1) is 0 Å². The van der Waals surface area contributed by atoms with Crippen LogP contribution in [0, 0.1) is 12.5 Å². The van der Waals surface area contributed by atoms with Gasteiger partial charge in [-0.15, -0.1) is 0 Å². The Kier molecular flexibility index (Phi) is 1.10. The average molecular weight is 132 g/mol. The molecule has 10 heavy (non-hydrogen) atoms. The maximum atomic E-state index is 4.94. The first kappa shape index (κ1) is 5.35. The SMILES string of the molecule is [c]1ccc(-c2cc[c]o2)o1. The molecular formula is C8H4O2. The largest absolute Gasteiger partial charge is 0.450 e. The van der Waals surface area contributed by atoms with E-state index in [4.69, 9.17) is 8.83 Å². The Bertz CT molecular complexity index is 247. The first-order valence-electron chi connectivity index (χ1n) is 2.89. The molecule has 0 aliphatic heterocycles. The first-order valence-corrected chi connectivity index (χ1v) is 2.89. The van der Waals surface area contributed by atoms with Gasteiger partial charge in [-0.25, -0.2) is 0 Å². The Morgan fingerprint density at radius 2 is 1.40 bits per heavy atom. The van der Waals surface area contributed by atoms with Crippen molar-refractivity contribution in [1.29, 1.82) is 0 Å². The summed E-state index contributed by atoms with van der Waals surface area (Å²) in [7, 11) is 0. The molecule has 2 heteroatoms. The summed E-state index contributed by atoms with van der Waals surface area (Å²) in [5.41, 5.74) is 0. The fraction of sp³-hybridized carbons (Fsp3) is 0. The molecule has 2 rings (SSSR count). The standard InChI is InChI=1S/C8H4O2/c1-3-7(9-5-1)8-4-2-6-10-8/h1-4H. The van der Waals surface area contributed by atoms with E-state index in [0.717, 1.165) is 0 Å². The number of hydrogen-bond acceptors (Lipinski definition) is 2. The zero-order chi connectivity index (χ0) is 6.81. The van der Waals surface area contributed by atoms with Crippen molar-refractivity contribution >= 4 is 0 Å². The summed E-state index contributed by atoms with van der Waals surface area (Å²) in [5.74, 6) is 1.36. The maximum Gasteiger partial charge on any atom is 0.170 e. The molecular weight excluding hydrogens is 128 g/mol. The molecule has 0 amide bonds. The van der Waals surface area contributed by atoms with Crippen LogP contribution in [0.15, 0.2) is 33.1 Å². The van der Waals surface area contributed by atoms with E-state index >= 15 is 0 Å². The van der Waals surface area contributed by atoms with Crippen molar-refractivity contribution in [2.45, 2.75) is 0 Å². The second kappa shape index (κ2) is 2.06. The fourth-order valence-electron chi connectivity index (χ4n) is 0.747. The third-order valence-electron chi connectivity index (χ3n) is 1.19. The summed E-state index contributed by atoms with van der Waals surface area (Å²) in [6.45, 7) is 0. The van der Waals surface area contributed by atoms with Crippen LogP contribution in [0.2, 0.25) is 0 Å². The smallest absolute Gasteiger partial charge is 0.170 e. The Balaban J connectivity index is 2.48. The number of rotatable bonds is 1. The lowest BCUT2D eigenvalue weighted by atomic mass is 10.3. The minimum atomic E-state index is 0.682. The highest BCUT2D eigenvalue weighted by Gasteiger charge is 2.01. The van der Waals surface area contributed by atoms with E-state index in [9.17, 15) is 0 Å². The summed E-state index contributed by atoms with van der Waals surface area (Å²) in [5, 5.41) is 0. The zero-order valence-electron chi connectivity index (χ0n) is 5.13. The topological polar surface area (TPSA) is 26.3 Å². The summed E-state index contributed by atoms with van der Waals surface area (Å²) in [6, 6.07) is 6.95. The molecule has 0 aliphatic rings. The Morgan fingerprint density at radius 1 is 0.900 bits per heavy atom. The van der Waals surface area contributed by atoms with Gasteiger partial charge in [-0.3, -0.25) is 0 Å². The Morgan fingerprint density at radius 3 is 1.70 bits per heavy atom. The van der Waals surface area contributed by atoms with Crippen LogP contribution in [0.5, 0.6) is 0 Å². The predicted molar refractivity (Wildman–Crippen MR) is 34.1 cm³/mol. The van der Waals surface area contributed by atoms with E-state index < -0.39 is 0 Å². The van der Waals surface area contributed by atoms with Crippen LogP contribution in [0.3, 0.4) is 0 Å². The fourth-order valence-corrected chi connectivity index (χ4v) is 0.747. The van der Waals surface area contributed by atoms with Crippen molar-refractivity contribution in [1.82, 2.24) is 0 Å². The molecule has 0 bridgehead atoms. The van der Waals surface area contributed by atoms with Gasteiger partial charge in [0.15, 0.2) is 24.0 Å². The van der Waals surface area contributed by atoms with Gasteiger partial charge in [-0.1, -0.05) is 0 Å². The highest BCUT2D eigenvalue weighted by atomic mass is 16.4. The molecule has 2 heterocycles. The minimum Gasteiger partial charge on any atom is -0.450 e. The zero-order valence-corrected chi connectivity index (χ0v) is 5.13. The van der Waals surface area contributed by atoms with Crippen LogP contribution in [0.4, 0.5) is 0 Å². The van der Waals surface area contributed by atoms with Crippen LogP contribution in [0.25, 0.3) is 11.5 Å². The van der Waals surface area contributed by atoms with Crippen molar-refractivity contribution in [3.8, 4) is 11.5 Å². The van der Waals surface area contributed by atoms with Gasteiger partial charge >= 0.3 is 0 Å². The summed E-state index contributed by atoms with van der Waals surface area (Å²) >= 11 is 0. The van der Waals surface area contributed by atoms with Gasteiger partial charge in [0.25, 0.3) is 0 Å². The quantitative estimate of drug-likeness (QED) is 0.594. The summed E-state index contributed by atoms with van der Waals surface area (Å²) in [4.78, 5) is 0. The molecule has 0 saturated heterocycles. The third kappa shape index (κ3) is 0.739. The van der Waals surface area contributed by atoms with Gasteiger partial charge in [0.2, 0.25) is 0 Å². The molecule has 2 nitrogen and oxygen atoms in total. The molecule has 48 valence electrons. The van der Waals surface area contributed by atoms with Crippen LogP contribution in [-0.2, 0) is 0 Å². The molecule has 2 aromatic heterocycles. The number of hydrogen-bond donors (Lipinski definition) is 0. The van der Waals surface area contributed by atoms with E-state index in [-0.39, 0.29) is 0 Å². The van der Waals surface area contributed by atoms with E-state index in [2.05, 4.69) is 12.5 Å². The van der Waals surface area contributed by atoms with Crippen molar-refractivity contribution < 1.29 is 8.83 Å². The van der Waals surface area contributed by atoms with Crippen molar-refractivity contribution in [2.24, 2.45) is 0 Å². The van der Waals surface area contributed by atoms with E-state index in [1.54, 1.807) is 24.3 Å². The van der Waals surface area contributed by atoms with Crippen LogP contribution < -0.4 is 0 Å². The van der Waals surface area contributed by atoms with Gasteiger partial charge in [0, 0.05) is 0 Å². The second-order valence-electron chi connectivity index (χ2n) is 1.83. The van der Waals surface area contributed by atoms with Gasteiger partial charge in [-0.2, -0.15) is 0 Å². The molecule has 0 atom stereocenters. The van der Waals surface area contributed by atoms with Gasteiger partial charge in [0.1, 0.15) is 0 Å². The normalized spacial score (nSPS) is 10.0. The lowest BCUT2D eigenvalue weighted by Gasteiger charge is -1.84. The summed E-state index contributed by atoms with van der Waals surface area (Å²) < 4.78 is 9.88. The summed E-state index contributed by atoms with van der Waals surface area (Å²) in [6.07, 6.45) is 5.14. The molecule has 0 unspecified atom stereocenters. The molecule has 0 N–H and O–H groups in total. The maximum absolute atomic E-state index is 4.94. The Hall–Kier alpha value is -1.44. The van der Waals surface area contributed by atoms with Crippen LogP contribution in [-0.4, -0.2) is 0 Å². The highest BCUT2D eigenvalue weighted by molar-refractivity contribution is 5.48. The minimum absolute atomic E-state index is 0.682. The molecule has 0 aliphatic carbocycles. The molecule has 0 aromatic carbocycles. The molecule has 0 fully saturated rings. The molecule has 2 aromatic rings. The lowest BCUT2D eigenvalue weighted by molar-refractivity contribution is 0.516.